The first-order valence-corrected chi connectivity index (χ1v) is 12.5. The third-order valence-electron chi connectivity index (χ3n) is 7.71. The first-order valence-electron chi connectivity index (χ1n) is 12.5. The number of amides is 1. The number of ether oxygens (including phenoxy) is 1. The minimum absolute atomic E-state index is 0.131. The van der Waals surface area contributed by atoms with E-state index in [1.165, 1.54) is 12.7 Å². The Morgan fingerprint density at radius 1 is 1.19 bits per heavy atom. The van der Waals surface area contributed by atoms with Gasteiger partial charge in [-0.1, -0.05) is 30.3 Å². The lowest BCUT2D eigenvalue weighted by atomic mass is 9.81. The number of hydrogen-bond donors (Lipinski definition) is 1. The molecule has 1 N–H and O–H groups in total. The molecule has 8 nitrogen and oxygen atoms in total. The highest BCUT2D eigenvalue weighted by Gasteiger charge is 2.32. The number of carbonyl (C=O) groups is 2. The number of aliphatic carboxylic acids is 1. The molecule has 36 heavy (non-hydrogen) atoms. The number of nitriles is 1. The summed E-state index contributed by atoms with van der Waals surface area (Å²) in [5.41, 5.74) is 5.41. The molecule has 1 aliphatic carbocycles. The van der Waals surface area contributed by atoms with Crippen molar-refractivity contribution >= 4 is 23.1 Å². The van der Waals surface area contributed by atoms with Crippen LogP contribution in [0.4, 0.5) is 4.79 Å². The number of carboxylic acid groups (broad SMARTS) is 1. The largest absolute Gasteiger partial charge is 0.481 e. The number of methoxy groups -OCH3 is 1. The quantitative estimate of drug-likeness (QED) is 0.563. The molecule has 2 aliphatic rings. The molecule has 0 atom stereocenters. The van der Waals surface area contributed by atoms with Crippen LogP contribution in [0.25, 0.3) is 11.0 Å². The minimum Gasteiger partial charge on any atom is -0.481 e. The van der Waals surface area contributed by atoms with Gasteiger partial charge in [-0.2, -0.15) is 5.26 Å². The van der Waals surface area contributed by atoms with Gasteiger partial charge >= 0.3 is 12.1 Å². The average molecular weight is 487 g/mol. The number of carbonyl (C=O) groups excluding carboxylic acids is 1. The van der Waals surface area contributed by atoms with E-state index >= 15 is 0 Å². The van der Waals surface area contributed by atoms with Gasteiger partial charge in [0, 0.05) is 24.6 Å². The maximum Gasteiger partial charge on any atom is 0.409 e. The molecule has 1 saturated carbocycles. The summed E-state index contributed by atoms with van der Waals surface area (Å²) in [7, 11) is 1.39. The monoisotopic (exact) mass is 486 g/mol. The highest BCUT2D eigenvalue weighted by molar-refractivity contribution is 5.87. The van der Waals surface area contributed by atoms with E-state index in [1.807, 2.05) is 24.3 Å². The molecule has 1 aliphatic heterocycles. The molecule has 1 aromatic heterocycles. The number of benzene rings is 2. The van der Waals surface area contributed by atoms with Gasteiger partial charge in [-0.3, -0.25) is 4.79 Å². The van der Waals surface area contributed by atoms with Gasteiger partial charge in [-0.25, -0.2) is 9.78 Å². The van der Waals surface area contributed by atoms with Gasteiger partial charge in [0.2, 0.25) is 0 Å². The van der Waals surface area contributed by atoms with E-state index in [-0.39, 0.29) is 17.9 Å². The van der Waals surface area contributed by atoms with Crippen molar-refractivity contribution in [2.75, 3.05) is 13.7 Å². The first-order chi connectivity index (χ1) is 17.5. The SMILES string of the molecule is COC(=O)N1CCc2cc(C#N)c3c(nc([C@H]4CC[C@H](C(=O)O)CC4)n3CCc3ccccc3)c2C1. The van der Waals surface area contributed by atoms with Crippen molar-refractivity contribution in [2.45, 2.75) is 57.5 Å². The van der Waals surface area contributed by atoms with E-state index in [0.29, 0.717) is 44.5 Å². The maximum absolute atomic E-state index is 12.3. The van der Waals surface area contributed by atoms with Crippen molar-refractivity contribution < 1.29 is 19.4 Å². The fourth-order valence-corrected chi connectivity index (χ4v) is 5.75. The molecule has 186 valence electrons. The van der Waals surface area contributed by atoms with Gasteiger partial charge in [0.15, 0.2) is 0 Å². The van der Waals surface area contributed by atoms with E-state index < -0.39 is 5.97 Å². The van der Waals surface area contributed by atoms with Crippen molar-refractivity contribution in [3.05, 3.63) is 64.5 Å². The molecule has 8 heteroatoms. The summed E-state index contributed by atoms with van der Waals surface area (Å²) < 4.78 is 7.15. The zero-order valence-corrected chi connectivity index (χ0v) is 20.4. The van der Waals surface area contributed by atoms with Crippen molar-refractivity contribution in [3.63, 3.8) is 0 Å². The van der Waals surface area contributed by atoms with E-state index in [4.69, 9.17) is 9.72 Å². The number of aryl methyl sites for hydroxylation is 2. The average Bonchev–Trinajstić information content (AvgIpc) is 3.31. The summed E-state index contributed by atoms with van der Waals surface area (Å²) in [5.74, 6) is 0.0188. The Kier molecular flexibility index (Phi) is 6.64. The van der Waals surface area contributed by atoms with E-state index in [9.17, 15) is 20.0 Å². The van der Waals surface area contributed by atoms with Gasteiger partial charge in [0.25, 0.3) is 0 Å². The molecule has 0 spiro atoms. The van der Waals surface area contributed by atoms with Gasteiger partial charge in [-0.05, 0) is 55.7 Å². The zero-order chi connectivity index (χ0) is 25.2. The number of aromatic nitrogens is 2. The second-order valence-electron chi connectivity index (χ2n) is 9.76. The van der Waals surface area contributed by atoms with Crippen LogP contribution in [-0.4, -0.2) is 45.3 Å². The number of fused-ring (bicyclic) bond motifs is 3. The van der Waals surface area contributed by atoms with Crippen LogP contribution in [0.15, 0.2) is 36.4 Å². The van der Waals surface area contributed by atoms with Crippen LogP contribution in [0.3, 0.4) is 0 Å². The Morgan fingerprint density at radius 3 is 2.61 bits per heavy atom. The summed E-state index contributed by atoms with van der Waals surface area (Å²) in [6.45, 7) is 1.60. The molecule has 0 saturated heterocycles. The van der Waals surface area contributed by atoms with Crippen LogP contribution in [-0.2, 0) is 35.5 Å². The molecule has 5 rings (SSSR count). The predicted octanol–water partition coefficient (Wildman–Crippen LogP) is 4.63. The van der Waals surface area contributed by atoms with Crippen LogP contribution in [0.5, 0.6) is 0 Å². The lowest BCUT2D eigenvalue weighted by molar-refractivity contribution is -0.142. The molecule has 2 heterocycles. The Morgan fingerprint density at radius 2 is 1.94 bits per heavy atom. The number of nitrogens with zero attached hydrogens (tertiary/aromatic N) is 4. The summed E-state index contributed by atoms with van der Waals surface area (Å²) in [6.07, 6.45) is 3.83. The zero-order valence-electron chi connectivity index (χ0n) is 20.4. The van der Waals surface area contributed by atoms with Crippen LogP contribution in [0, 0.1) is 17.2 Å². The number of carboxylic acids is 1. The molecule has 0 unspecified atom stereocenters. The Balaban J connectivity index is 1.60. The summed E-state index contributed by atoms with van der Waals surface area (Å²) in [4.78, 5) is 30.6. The smallest absolute Gasteiger partial charge is 0.409 e. The third kappa shape index (κ3) is 4.41. The second-order valence-corrected chi connectivity index (χ2v) is 9.76. The molecule has 0 radical (unpaired) electrons. The summed E-state index contributed by atoms with van der Waals surface area (Å²) >= 11 is 0. The molecular formula is C28H30N4O4. The van der Waals surface area contributed by atoms with Crippen molar-refractivity contribution in [1.29, 1.82) is 5.26 Å². The van der Waals surface area contributed by atoms with Gasteiger partial charge in [0.05, 0.1) is 36.2 Å². The normalized spacial score (nSPS) is 19.5. The molecule has 0 bridgehead atoms. The fraction of sp³-hybridized carbons (Fsp3) is 0.429. The third-order valence-corrected chi connectivity index (χ3v) is 7.71. The maximum atomic E-state index is 12.3. The topological polar surface area (TPSA) is 108 Å². The number of hydrogen-bond acceptors (Lipinski definition) is 5. The van der Waals surface area contributed by atoms with Crippen LogP contribution in [0.2, 0.25) is 0 Å². The van der Waals surface area contributed by atoms with Gasteiger partial charge < -0.3 is 19.3 Å². The van der Waals surface area contributed by atoms with E-state index in [1.54, 1.807) is 4.90 Å². The standard InChI is InChI=1S/C28H30N4O4/c1-36-28(35)31-13-12-21-15-22(16-29)25-24(23(21)17-31)30-26(19-7-9-20(10-8-19)27(33)34)32(25)14-11-18-5-3-2-4-6-18/h2-6,15,19-20H,7-14,17H2,1H3,(H,33,34)/t19-,20-. The summed E-state index contributed by atoms with van der Waals surface area (Å²) in [5, 5.41) is 19.6. The molecule has 3 aromatic rings. The van der Waals surface area contributed by atoms with E-state index in [2.05, 4.69) is 22.8 Å². The Labute approximate surface area is 210 Å². The molecule has 2 aromatic carbocycles. The van der Waals surface area contributed by atoms with Crippen molar-refractivity contribution in [2.24, 2.45) is 5.92 Å². The van der Waals surface area contributed by atoms with Gasteiger partial charge in [0.1, 0.15) is 11.9 Å². The first kappa shape index (κ1) is 23.9. The highest BCUT2D eigenvalue weighted by atomic mass is 16.5. The lowest BCUT2D eigenvalue weighted by Gasteiger charge is -2.28. The van der Waals surface area contributed by atoms with Crippen LogP contribution in [0.1, 0.15) is 59.7 Å². The van der Waals surface area contributed by atoms with Crippen LogP contribution < -0.4 is 0 Å². The highest BCUT2D eigenvalue weighted by Crippen LogP contribution is 2.39. The number of imidazole rings is 1. The van der Waals surface area contributed by atoms with Crippen LogP contribution >= 0.6 is 0 Å². The predicted molar refractivity (Wildman–Crippen MR) is 133 cm³/mol. The van der Waals surface area contributed by atoms with Crippen molar-refractivity contribution in [3.8, 4) is 6.07 Å². The molecular weight excluding hydrogens is 456 g/mol. The summed E-state index contributed by atoms with van der Waals surface area (Å²) in [6, 6.07) is 14.6. The lowest BCUT2D eigenvalue weighted by Crippen LogP contribution is -2.36. The Bertz CT molecular complexity index is 1330. The minimum atomic E-state index is -0.727. The Hall–Kier alpha value is -3.86. The van der Waals surface area contributed by atoms with E-state index in [0.717, 1.165) is 47.2 Å². The molecule has 1 fully saturated rings. The number of rotatable bonds is 5. The second kappa shape index (κ2) is 10.0. The van der Waals surface area contributed by atoms with Crippen molar-refractivity contribution in [1.82, 2.24) is 14.5 Å². The van der Waals surface area contributed by atoms with Gasteiger partial charge in [-0.15, -0.1) is 0 Å². The fourth-order valence-electron chi connectivity index (χ4n) is 5.75. The molecule has 1 amide bonds.